The van der Waals surface area contributed by atoms with Gasteiger partial charge < -0.3 is 15.4 Å². The molecule has 3 aromatic rings. The normalized spacial score (nSPS) is 10.5. The Balaban J connectivity index is 1.57. The summed E-state index contributed by atoms with van der Waals surface area (Å²) in [7, 11) is 0. The highest BCUT2D eigenvalue weighted by atomic mass is 35.5. The van der Waals surface area contributed by atoms with E-state index in [1.807, 2.05) is 31.2 Å². The molecule has 3 rings (SSSR count). The van der Waals surface area contributed by atoms with Crippen LogP contribution in [0.4, 0.5) is 16.5 Å². The summed E-state index contributed by atoms with van der Waals surface area (Å²) in [5, 5.41) is 15.5. The molecule has 0 fully saturated rings. The lowest BCUT2D eigenvalue weighted by Crippen LogP contribution is -2.14. The van der Waals surface area contributed by atoms with Crippen LogP contribution in [0.2, 0.25) is 10.0 Å². The van der Waals surface area contributed by atoms with Crippen molar-refractivity contribution in [3.63, 3.8) is 0 Å². The zero-order valence-electron chi connectivity index (χ0n) is 14.7. The summed E-state index contributed by atoms with van der Waals surface area (Å²) in [6.07, 6.45) is 0. The van der Waals surface area contributed by atoms with Gasteiger partial charge in [-0.15, -0.1) is 10.2 Å². The zero-order valence-corrected chi connectivity index (χ0v) is 17.9. The molecule has 146 valence electrons. The largest absolute Gasteiger partial charge is 0.492 e. The summed E-state index contributed by atoms with van der Waals surface area (Å²) in [6.45, 7) is 2.50. The average molecular weight is 455 g/mol. The molecule has 0 aliphatic heterocycles. The minimum atomic E-state index is -0.230. The predicted octanol–water partition coefficient (Wildman–Crippen LogP) is 5.72. The van der Waals surface area contributed by atoms with E-state index < -0.39 is 0 Å². The van der Waals surface area contributed by atoms with Crippen LogP contribution < -0.4 is 15.4 Å². The Labute approximate surface area is 180 Å². The molecule has 0 aliphatic rings. The fourth-order valence-corrected chi connectivity index (χ4v) is 4.26. The van der Waals surface area contributed by atoms with E-state index in [4.69, 9.17) is 27.9 Å². The van der Waals surface area contributed by atoms with Gasteiger partial charge in [0.2, 0.25) is 11.0 Å². The van der Waals surface area contributed by atoms with E-state index in [9.17, 15) is 4.79 Å². The second kappa shape index (κ2) is 9.97. The second-order valence-corrected chi connectivity index (χ2v) is 8.38. The Kier molecular flexibility index (Phi) is 7.38. The SMILES string of the molecule is CCOc1ccccc1Nc1nnc(SCC(=O)Nc2c(Cl)cccc2Cl)s1. The third-order valence-corrected chi connectivity index (χ3v) is 5.99. The molecule has 0 saturated heterocycles. The first-order valence-corrected chi connectivity index (χ1v) is 10.8. The molecule has 2 N–H and O–H groups in total. The van der Waals surface area contributed by atoms with Gasteiger partial charge in [0.1, 0.15) is 5.75 Å². The fraction of sp³-hybridized carbons (Fsp3) is 0.167. The Morgan fingerprint density at radius 2 is 1.89 bits per heavy atom. The predicted molar refractivity (Wildman–Crippen MR) is 117 cm³/mol. The molecule has 2 aromatic carbocycles. The first-order chi connectivity index (χ1) is 13.6. The monoisotopic (exact) mass is 454 g/mol. The van der Waals surface area contributed by atoms with Gasteiger partial charge in [0.15, 0.2) is 4.34 Å². The maximum atomic E-state index is 12.2. The molecular weight excluding hydrogens is 439 g/mol. The number of hydrogen-bond donors (Lipinski definition) is 2. The van der Waals surface area contributed by atoms with E-state index in [0.717, 1.165) is 11.4 Å². The highest BCUT2D eigenvalue weighted by Crippen LogP contribution is 2.33. The summed E-state index contributed by atoms with van der Waals surface area (Å²) < 4.78 is 6.25. The van der Waals surface area contributed by atoms with Crippen molar-refractivity contribution in [3.8, 4) is 5.75 Å². The first kappa shape index (κ1) is 20.7. The van der Waals surface area contributed by atoms with Crippen molar-refractivity contribution in [2.24, 2.45) is 0 Å². The molecule has 0 saturated carbocycles. The van der Waals surface area contributed by atoms with Crippen LogP contribution in [0.5, 0.6) is 5.75 Å². The number of carbonyl (C=O) groups excluding carboxylic acids is 1. The van der Waals surface area contributed by atoms with Crippen molar-refractivity contribution in [1.29, 1.82) is 0 Å². The van der Waals surface area contributed by atoms with Gasteiger partial charge in [0, 0.05) is 0 Å². The minimum Gasteiger partial charge on any atom is -0.492 e. The third kappa shape index (κ3) is 5.51. The number of thioether (sulfide) groups is 1. The van der Waals surface area contributed by atoms with Gasteiger partial charge in [0.25, 0.3) is 0 Å². The molecule has 1 aromatic heterocycles. The number of nitrogens with zero attached hydrogens (tertiary/aromatic N) is 2. The van der Waals surface area contributed by atoms with Crippen LogP contribution in [0.15, 0.2) is 46.8 Å². The lowest BCUT2D eigenvalue weighted by atomic mass is 10.3. The molecule has 0 aliphatic carbocycles. The van der Waals surface area contributed by atoms with Gasteiger partial charge in [-0.2, -0.15) is 0 Å². The summed E-state index contributed by atoms with van der Waals surface area (Å²) >= 11 is 14.8. The maximum Gasteiger partial charge on any atom is 0.234 e. The number of para-hydroxylation sites is 3. The van der Waals surface area contributed by atoms with Crippen LogP contribution in [0.3, 0.4) is 0 Å². The first-order valence-electron chi connectivity index (χ1n) is 8.26. The smallest absolute Gasteiger partial charge is 0.234 e. The van der Waals surface area contributed by atoms with Gasteiger partial charge >= 0.3 is 0 Å². The van der Waals surface area contributed by atoms with Crippen molar-refractivity contribution in [1.82, 2.24) is 10.2 Å². The average Bonchev–Trinajstić information content (AvgIpc) is 3.12. The van der Waals surface area contributed by atoms with E-state index in [2.05, 4.69) is 20.8 Å². The molecule has 0 atom stereocenters. The number of halogens is 2. The Bertz CT molecular complexity index is 948. The summed E-state index contributed by atoms with van der Waals surface area (Å²) in [6, 6.07) is 12.6. The van der Waals surface area contributed by atoms with Gasteiger partial charge in [-0.05, 0) is 31.2 Å². The van der Waals surface area contributed by atoms with E-state index in [1.165, 1.54) is 23.1 Å². The van der Waals surface area contributed by atoms with Crippen LogP contribution in [0, 0.1) is 0 Å². The topological polar surface area (TPSA) is 76.1 Å². The number of anilines is 3. The Hall–Kier alpha value is -2.00. The van der Waals surface area contributed by atoms with Crippen LogP contribution in [-0.4, -0.2) is 28.5 Å². The van der Waals surface area contributed by atoms with Crippen LogP contribution in [0.1, 0.15) is 6.92 Å². The van der Waals surface area contributed by atoms with Crippen molar-refractivity contribution in [3.05, 3.63) is 52.5 Å². The molecule has 6 nitrogen and oxygen atoms in total. The summed E-state index contributed by atoms with van der Waals surface area (Å²) in [4.78, 5) is 12.2. The van der Waals surface area contributed by atoms with Gasteiger partial charge in [-0.25, -0.2) is 0 Å². The Morgan fingerprint density at radius 1 is 1.14 bits per heavy atom. The number of aromatic nitrogens is 2. The number of rotatable bonds is 8. The van der Waals surface area contributed by atoms with Crippen LogP contribution in [-0.2, 0) is 4.79 Å². The molecule has 1 amide bonds. The molecular formula is C18H16Cl2N4O2S2. The van der Waals surface area contributed by atoms with Crippen molar-refractivity contribution in [2.45, 2.75) is 11.3 Å². The van der Waals surface area contributed by atoms with Gasteiger partial charge in [0.05, 0.1) is 33.8 Å². The molecule has 1 heterocycles. The number of hydrogen-bond acceptors (Lipinski definition) is 7. The summed E-state index contributed by atoms with van der Waals surface area (Å²) in [5.41, 5.74) is 1.21. The second-order valence-electron chi connectivity index (χ2n) is 5.36. The molecule has 0 bridgehead atoms. The van der Waals surface area contributed by atoms with E-state index in [0.29, 0.717) is 31.8 Å². The number of ether oxygens (including phenoxy) is 1. The lowest BCUT2D eigenvalue weighted by molar-refractivity contribution is -0.113. The van der Waals surface area contributed by atoms with Gasteiger partial charge in [-0.3, -0.25) is 4.79 Å². The van der Waals surface area contributed by atoms with E-state index >= 15 is 0 Å². The Morgan fingerprint density at radius 3 is 2.64 bits per heavy atom. The zero-order chi connectivity index (χ0) is 19.9. The minimum absolute atomic E-state index is 0.158. The standard InChI is InChI=1S/C18H16Cl2N4O2S2/c1-2-26-14-9-4-3-8-13(14)21-17-23-24-18(28-17)27-10-15(25)22-16-11(19)6-5-7-12(16)20/h3-9H,2,10H2,1H3,(H,21,23)(H,22,25). The molecule has 28 heavy (non-hydrogen) atoms. The van der Waals surface area contributed by atoms with Crippen molar-refractivity contribution >= 4 is 68.7 Å². The van der Waals surface area contributed by atoms with Gasteiger partial charge in [-0.1, -0.05) is 64.5 Å². The van der Waals surface area contributed by atoms with Crippen molar-refractivity contribution in [2.75, 3.05) is 23.0 Å². The summed E-state index contributed by atoms with van der Waals surface area (Å²) in [5.74, 6) is 0.669. The molecule has 0 spiro atoms. The fourth-order valence-electron chi connectivity index (χ4n) is 2.21. The van der Waals surface area contributed by atoms with E-state index in [1.54, 1.807) is 18.2 Å². The third-order valence-electron chi connectivity index (χ3n) is 3.39. The number of benzene rings is 2. The van der Waals surface area contributed by atoms with Crippen molar-refractivity contribution < 1.29 is 9.53 Å². The van der Waals surface area contributed by atoms with E-state index in [-0.39, 0.29) is 11.7 Å². The highest BCUT2D eigenvalue weighted by molar-refractivity contribution is 8.01. The lowest BCUT2D eigenvalue weighted by Gasteiger charge is -2.09. The number of amides is 1. The van der Waals surface area contributed by atoms with Crippen LogP contribution >= 0.6 is 46.3 Å². The van der Waals surface area contributed by atoms with Crippen LogP contribution in [0.25, 0.3) is 0 Å². The number of carbonyl (C=O) groups is 1. The highest BCUT2D eigenvalue weighted by Gasteiger charge is 2.13. The molecule has 0 radical (unpaired) electrons. The number of nitrogens with one attached hydrogen (secondary N) is 2. The molecule has 10 heteroatoms. The maximum absolute atomic E-state index is 12.2. The quantitative estimate of drug-likeness (QED) is 0.424. The molecule has 0 unspecified atom stereocenters.